The van der Waals surface area contributed by atoms with Crippen molar-refractivity contribution in [2.75, 3.05) is 11.4 Å². The number of pyridine rings is 1. The first-order valence-electron chi connectivity index (χ1n) is 7.74. The summed E-state index contributed by atoms with van der Waals surface area (Å²) in [5.41, 5.74) is 1.81. The minimum Gasteiger partial charge on any atom is -0.312 e. The van der Waals surface area contributed by atoms with Crippen LogP contribution in [0, 0.1) is 6.92 Å². The van der Waals surface area contributed by atoms with Gasteiger partial charge in [0.25, 0.3) is 5.91 Å². The summed E-state index contributed by atoms with van der Waals surface area (Å²) in [7, 11) is 0. The number of aryl methyl sites for hydroxylation is 1. The molecule has 0 unspecified atom stereocenters. The second-order valence-corrected chi connectivity index (χ2v) is 5.58. The third-order valence-corrected chi connectivity index (χ3v) is 4.03. The highest BCUT2D eigenvalue weighted by Gasteiger charge is 2.45. The lowest BCUT2D eigenvalue weighted by atomic mass is 10.1. The molecule has 1 saturated heterocycles. The number of anilines is 1. The normalized spacial score (nSPS) is 17.9. The van der Waals surface area contributed by atoms with Gasteiger partial charge in [-0.05, 0) is 31.5 Å². The van der Waals surface area contributed by atoms with Crippen molar-refractivity contribution in [2.45, 2.75) is 26.3 Å². The van der Waals surface area contributed by atoms with Crippen molar-refractivity contribution in [3.63, 3.8) is 0 Å². The van der Waals surface area contributed by atoms with Gasteiger partial charge in [0.1, 0.15) is 11.9 Å². The van der Waals surface area contributed by atoms with E-state index >= 15 is 0 Å². The van der Waals surface area contributed by atoms with E-state index < -0.39 is 6.04 Å². The number of hydrogen-bond acceptors (Lipinski definition) is 3. The summed E-state index contributed by atoms with van der Waals surface area (Å²) in [6, 6.07) is 14.3. The van der Waals surface area contributed by atoms with E-state index in [1.165, 1.54) is 4.90 Å². The van der Waals surface area contributed by atoms with E-state index in [1.807, 2.05) is 50.2 Å². The topological polar surface area (TPSA) is 53.5 Å². The molecular formula is C18H19N3O2. The van der Waals surface area contributed by atoms with Crippen LogP contribution < -0.4 is 4.90 Å². The predicted octanol–water partition coefficient (Wildman–Crippen LogP) is 2.79. The molecule has 2 heterocycles. The average molecular weight is 309 g/mol. The number of carbonyl (C=O) groups is 2. The minimum atomic E-state index is -0.475. The van der Waals surface area contributed by atoms with E-state index in [0.717, 1.165) is 11.3 Å². The van der Waals surface area contributed by atoms with Gasteiger partial charge in [0.15, 0.2) is 0 Å². The largest absolute Gasteiger partial charge is 0.333 e. The van der Waals surface area contributed by atoms with Gasteiger partial charge >= 0.3 is 6.03 Å². The number of urea groups is 1. The molecule has 5 nitrogen and oxygen atoms in total. The molecule has 3 amide bonds. The van der Waals surface area contributed by atoms with Crippen molar-refractivity contribution in [2.24, 2.45) is 0 Å². The van der Waals surface area contributed by atoms with Crippen molar-refractivity contribution >= 4 is 17.8 Å². The molecule has 3 rings (SSSR count). The molecule has 118 valence electrons. The third-order valence-electron chi connectivity index (χ3n) is 4.03. The number of hydrogen-bond donors (Lipinski definition) is 0. The van der Waals surface area contributed by atoms with Crippen LogP contribution >= 0.6 is 0 Å². The van der Waals surface area contributed by atoms with E-state index in [2.05, 4.69) is 4.98 Å². The van der Waals surface area contributed by atoms with Crippen LogP contribution in [-0.4, -0.2) is 34.4 Å². The highest BCUT2D eigenvalue weighted by Crippen LogP contribution is 2.25. The number of nitrogens with zero attached hydrogens (tertiary/aromatic N) is 3. The Morgan fingerprint density at radius 1 is 1.04 bits per heavy atom. The smallest absolute Gasteiger partial charge is 0.312 e. The van der Waals surface area contributed by atoms with Crippen molar-refractivity contribution < 1.29 is 9.59 Å². The summed E-state index contributed by atoms with van der Waals surface area (Å²) in [6.45, 7) is 4.22. The van der Waals surface area contributed by atoms with E-state index in [4.69, 9.17) is 0 Å². The fourth-order valence-electron chi connectivity index (χ4n) is 2.89. The first kappa shape index (κ1) is 15.2. The van der Waals surface area contributed by atoms with E-state index in [0.29, 0.717) is 18.8 Å². The van der Waals surface area contributed by atoms with Crippen LogP contribution in [0.3, 0.4) is 0 Å². The Kier molecular flexibility index (Phi) is 4.10. The van der Waals surface area contributed by atoms with Crippen LogP contribution in [0.5, 0.6) is 0 Å². The summed E-state index contributed by atoms with van der Waals surface area (Å²) >= 11 is 0. The molecule has 23 heavy (non-hydrogen) atoms. The molecule has 1 fully saturated rings. The molecular weight excluding hydrogens is 290 g/mol. The van der Waals surface area contributed by atoms with Crippen molar-refractivity contribution in [3.8, 4) is 0 Å². The fraction of sp³-hybridized carbons (Fsp3) is 0.278. The Bertz CT molecular complexity index is 730. The van der Waals surface area contributed by atoms with E-state index in [1.54, 1.807) is 17.0 Å². The molecule has 2 aromatic rings. The van der Waals surface area contributed by atoms with Gasteiger partial charge in [-0.1, -0.05) is 36.4 Å². The molecule has 0 spiro atoms. The van der Waals surface area contributed by atoms with Gasteiger partial charge < -0.3 is 4.90 Å². The van der Waals surface area contributed by atoms with E-state index in [-0.39, 0.29) is 11.9 Å². The molecule has 1 aliphatic rings. The van der Waals surface area contributed by atoms with Gasteiger partial charge in [-0.2, -0.15) is 0 Å². The Morgan fingerprint density at radius 3 is 2.43 bits per heavy atom. The van der Waals surface area contributed by atoms with Gasteiger partial charge in [-0.25, -0.2) is 14.7 Å². The standard InChI is InChI=1S/C18H19N3O2/c1-3-20-15(12-14-9-5-4-6-10-14)17(22)21(18(20)23)16-11-7-8-13(2)19-16/h4-11,15H,3,12H2,1-2H3/t15-/m1/s1. The summed E-state index contributed by atoms with van der Waals surface area (Å²) < 4.78 is 0. The second-order valence-electron chi connectivity index (χ2n) is 5.58. The lowest BCUT2D eigenvalue weighted by Crippen LogP contribution is -2.36. The average Bonchev–Trinajstić information content (AvgIpc) is 2.78. The Labute approximate surface area is 135 Å². The molecule has 0 radical (unpaired) electrons. The monoisotopic (exact) mass is 309 g/mol. The van der Waals surface area contributed by atoms with Gasteiger partial charge in [0.2, 0.25) is 0 Å². The van der Waals surface area contributed by atoms with Crippen LogP contribution in [0.1, 0.15) is 18.2 Å². The van der Waals surface area contributed by atoms with Crippen molar-refractivity contribution in [1.82, 2.24) is 9.88 Å². The zero-order valence-electron chi connectivity index (χ0n) is 13.3. The van der Waals surface area contributed by atoms with Crippen molar-refractivity contribution in [3.05, 3.63) is 59.8 Å². The maximum absolute atomic E-state index is 12.8. The minimum absolute atomic E-state index is 0.209. The number of aromatic nitrogens is 1. The predicted molar refractivity (Wildman–Crippen MR) is 88.2 cm³/mol. The Morgan fingerprint density at radius 2 is 1.78 bits per heavy atom. The van der Waals surface area contributed by atoms with Crippen LogP contribution in [0.4, 0.5) is 10.6 Å². The van der Waals surface area contributed by atoms with Gasteiger partial charge in [-0.3, -0.25) is 4.79 Å². The molecule has 1 atom stereocenters. The third kappa shape index (κ3) is 2.82. The Balaban J connectivity index is 1.92. The highest BCUT2D eigenvalue weighted by molar-refractivity contribution is 6.20. The molecule has 1 aromatic carbocycles. The maximum atomic E-state index is 12.8. The molecule has 1 aromatic heterocycles. The summed E-state index contributed by atoms with van der Waals surface area (Å²) in [4.78, 5) is 32.6. The lowest BCUT2D eigenvalue weighted by Gasteiger charge is -2.19. The Hall–Kier alpha value is -2.69. The number of amides is 3. The molecule has 0 aliphatic carbocycles. The van der Waals surface area contributed by atoms with Crippen LogP contribution in [0.15, 0.2) is 48.5 Å². The zero-order valence-corrected chi connectivity index (χ0v) is 13.3. The van der Waals surface area contributed by atoms with Crippen LogP contribution in [0.25, 0.3) is 0 Å². The summed E-state index contributed by atoms with van der Waals surface area (Å²) in [5.74, 6) is 0.188. The maximum Gasteiger partial charge on any atom is 0.333 e. The first-order valence-corrected chi connectivity index (χ1v) is 7.74. The van der Waals surface area contributed by atoms with Crippen molar-refractivity contribution in [1.29, 1.82) is 0 Å². The quantitative estimate of drug-likeness (QED) is 0.816. The number of carbonyl (C=O) groups excluding carboxylic acids is 2. The summed E-state index contributed by atoms with van der Waals surface area (Å²) in [6.07, 6.45) is 0.515. The molecule has 1 aliphatic heterocycles. The molecule has 0 saturated carbocycles. The fourth-order valence-corrected chi connectivity index (χ4v) is 2.89. The second kappa shape index (κ2) is 6.20. The molecule has 5 heteroatoms. The number of imide groups is 1. The number of benzene rings is 1. The van der Waals surface area contributed by atoms with Gasteiger partial charge in [0, 0.05) is 18.7 Å². The van der Waals surface area contributed by atoms with Gasteiger partial charge in [0.05, 0.1) is 0 Å². The molecule has 0 bridgehead atoms. The number of rotatable bonds is 4. The van der Waals surface area contributed by atoms with Crippen LogP contribution in [0.2, 0.25) is 0 Å². The highest BCUT2D eigenvalue weighted by atomic mass is 16.2. The SMILES string of the molecule is CCN1C(=O)N(c2cccc(C)n2)C(=O)[C@H]1Cc1ccccc1. The summed E-state index contributed by atoms with van der Waals surface area (Å²) in [5, 5.41) is 0. The van der Waals surface area contributed by atoms with E-state index in [9.17, 15) is 9.59 Å². The lowest BCUT2D eigenvalue weighted by molar-refractivity contribution is -0.119. The van der Waals surface area contributed by atoms with Gasteiger partial charge in [-0.15, -0.1) is 0 Å². The zero-order chi connectivity index (χ0) is 16.4. The van der Waals surface area contributed by atoms with Crippen LogP contribution in [-0.2, 0) is 11.2 Å². The first-order chi connectivity index (χ1) is 11.1. The molecule has 0 N–H and O–H groups in total. The number of likely N-dealkylation sites (N-methyl/N-ethyl adjacent to an activating group) is 1.